The van der Waals surface area contributed by atoms with Gasteiger partial charge in [-0.05, 0) is 18.8 Å². The predicted octanol–water partition coefficient (Wildman–Crippen LogP) is 2.52. The van der Waals surface area contributed by atoms with Gasteiger partial charge >= 0.3 is 0 Å². The first kappa shape index (κ1) is 18.0. The summed E-state index contributed by atoms with van der Waals surface area (Å²) in [6.07, 6.45) is 12.5. The van der Waals surface area contributed by atoms with Crippen molar-refractivity contribution in [2.45, 2.75) is 38.1 Å². The maximum absolute atomic E-state index is 10.6. The fraction of sp³-hybridized carbons (Fsp3) is 0.318. The summed E-state index contributed by atoms with van der Waals surface area (Å²) in [5.41, 5.74) is 3.02. The molecule has 1 saturated carbocycles. The van der Waals surface area contributed by atoms with Crippen molar-refractivity contribution in [2.75, 3.05) is 0 Å². The van der Waals surface area contributed by atoms with Crippen LogP contribution >= 0.6 is 0 Å². The molecule has 1 aliphatic carbocycles. The fourth-order valence-corrected chi connectivity index (χ4v) is 4.33. The number of aliphatic hydroxyl groups is 1. The Bertz CT molecular complexity index is 1090. The number of aromatic nitrogens is 5. The second-order valence-electron chi connectivity index (χ2n) is 7.72. The average Bonchev–Trinajstić information content (AvgIpc) is 3.46. The molecule has 148 valence electrons. The van der Waals surface area contributed by atoms with E-state index < -0.39 is 0 Å². The molecule has 5 rings (SSSR count). The first-order valence-electron chi connectivity index (χ1n) is 10.0. The summed E-state index contributed by atoms with van der Waals surface area (Å²) in [6, 6.07) is 10.3. The van der Waals surface area contributed by atoms with Gasteiger partial charge in [0.05, 0.1) is 24.2 Å². The van der Waals surface area contributed by atoms with E-state index in [2.05, 4.69) is 37.0 Å². The molecule has 3 aromatic heterocycles. The molecule has 0 amide bonds. The van der Waals surface area contributed by atoms with Gasteiger partial charge in [0.25, 0.3) is 0 Å². The largest absolute Gasteiger partial charge is 0.391 e. The third-order valence-corrected chi connectivity index (χ3v) is 5.77. The van der Waals surface area contributed by atoms with E-state index >= 15 is 0 Å². The van der Waals surface area contributed by atoms with Gasteiger partial charge in [0.1, 0.15) is 5.82 Å². The lowest BCUT2D eigenvalue weighted by Crippen LogP contribution is -2.35. The maximum atomic E-state index is 10.6. The highest BCUT2D eigenvalue weighted by atomic mass is 16.3. The Morgan fingerprint density at radius 2 is 1.93 bits per heavy atom. The Balaban J connectivity index is 1.23. The molecule has 3 heterocycles. The van der Waals surface area contributed by atoms with Crippen molar-refractivity contribution in [1.82, 2.24) is 29.2 Å². The number of hydrogen-bond acceptors (Lipinski definition) is 5. The third-order valence-electron chi connectivity index (χ3n) is 5.77. The highest BCUT2D eigenvalue weighted by Crippen LogP contribution is 2.29. The molecule has 0 bridgehead atoms. The van der Waals surface area contributed by atoms with E-state index in [0.717, 1.165) is 42.1 Å². The van der Waals surface area contributed by atoms with Crippen molar-refractivity contribution >= 4 is 5.65 Å². The number of aliphatic hydroxyl groups excluding tert-OH is 1. The van der Waals surface area contributed by atoms with Crippen molar-refractivity contribution in [3.05, 3.63) is 73.2 Å². The van der Waals surface area contributed by atoms with E-state index in [4.69, 9.17) is 0 Å². The van der Waals surface area contributed by atoms with Crippen LogP contribution < -0.4 is 5.32 Å². The van der Waals surface area contributed by atoms with Crippen LogP contribution in [0.3, 0.4) is 0 Å². The van der Waals surface area contributed by atoms with Gasteiger partial charge in [-0.1, -0.05) is 30.3 Å². The zero-order valence-electron chi connectivity index (χ0n) is 16.1. The predicted molar refractivity (Wildman–Crippen MR) is 110 cm³/mol. The summed E-state index contributed by atoms with van der Waals surface area (Å²) < 4.78 is 4.23. The van der Waals surface area contributed by atoms with Crippen LogP contribution in [0.4, 0.5) is 0 Å². The SMILES string of the molecule is O[C@@H]1CC(Cn2ccnc2-c2ccccc2)C[C@H]1NCc1cnc2cnccn12. The van der Waals surface area contributed by atoms with Crippen LogP contribution in [0.5, 0.6) is 0 Å². The molecule has 0 aliphatic heterocycles. The van der Waals surface area contributed by atoms with Gasteiger partial charge in [0, 0.05) is 49.5 Å². The number of hydrogen-bond donors (Lipinski definition) is 2. The van der Waals surface area contributed by atoms with Gasteiger partial charge in [-0.15, -0.1) is 0 Å². The van der Waals surface area contributed by atoms with Crippen LogP contribution in [-0.4, -0.2) is 41.2 Å². The molecule has 0 saturated heterocycles. The minimum Gasteiger partial charge on any atom is -0.391 e. The average molecular weight is 388 g/mol. The van der Waals surface area contributed by atoms with E-state index in [1.54, 1.807) is 12.4 Å². The number of nitrogens with zero attached hydrogens (tertiary/aromatic N) is 5. The molecule has 1 unspecified atom stereocenters. The Kier molecular flexibility index (Phi) is 4.83. The van der Waals surface area contributed by atoms with Crippen LogP contribution in [0.2, 0.25) is 0 Å². The van der Waals surface area contributed by atoms with Crippen LogP contribution in [0, 0.1) is 5.92 Å². The Labute approximate surface area is 169 Å². The fourth-order valence-electron chi connectivity index (χ4n) is 4.33. The summed E-state index contributed by atoms with van der Waals surface area (Å²) in [5, 5.41) is 14.1. The molecular formula is C22H24N6O. The zero-order valence-corrected chi connectivity index (χ0v) is 16.1. The van der Waals surface area contributed by atoms with Crippen molar-refractivity contribution in [3.63, 3.8) is 0 Å². The van der Waals surface area contributed by atoms with Crippen LogP contribution in [0.1, 0.15) is 18.5 Å². The van der Waals surface area contributed by atoms with Crippen LogP contribution in [-0.2, 0) is 13.1 Å². The van der Waals surface area contributed by atoms with Gasteiger partial charge in [-0.25, -0.2) is 9.97 Å². The van der Waals surface area contributed by atoms with E-state index in [0.29, 0.717) is 12.5 Å². The lowest BCUT2D eigenvalue weighted by molar-refractivity contribution is 0.145. The molecule has 29 heavy (non-hydrogen) atoms. The minimum atomic E-state index is -0.343. The quantitative estimate of drug-likeness (QED) is 0.531. The Morgan fingerprint density at radius 1 is 1.03 bits per heavy atom. The standard InChI is InChI=1S/C22H24N6O/c29-20-11-16(15-27-8-7-24-22(27)17-4-2-1-3-5-17)10-19(20)25-12-18-13-26-21-14-23-6-9-28(18)21/h1-9,13-14,16,19-20,25,29H,10-12,15H2/t16?,19-,20-/m1/s1. The zero-order chi connectivity index (χ0) is 19.6. The molecule has 7 heteroatoms. The summed E-state index contributed by atoms with van der Waals surface area (Å²) in [5.74, 6) is 1.39. The Hall–Kier alpha value is -3.03. The van der Waals surface area contributed by atoms with E-state index in [-0.39, 0.29) is 12.1 Å². The number of rotatable bonds is 6. The Morgan fingerprint density at radius 3 is 2.83 bits per heavy atom. The smallest absolute Gasteiger partial charge is 0.155 e. The van der Waals surface area contributed by atoms with Crippen LogP contribution in [0.25, 0.3) is 17.0 Å². The lowest BCUT2D eigenvalue weighted by atomic mass is 10.1. The summed E-state index contributed by atoms with van der Waals surface area (Å²) in [4.78, 5) is 13.0. The molecule has 4 aromatic rings. The first-order chi connectivity index (χ1) is 14.3. The molecular weight excluding hydrogens is 364 g/mol. The van der Waals surface area contributed by atoms with Gasteiger partial charge in [0.15, 0.2) is 5.65 Å². The topological polar surface area (TPSA) is 80.3 Å². The molecule has 7 nitrogen and oxygen atoms in total. The van der Waals surface area contributed by atoms with Gasteiger partial charge < -0.3 is 15.0 Å². The van der Waals surface area contributed by atoms with Gasteiger partial charge in [-0.2, -0.15) is 0 Å². The summed E-state index contributed by atoms with van der Waals surface area (Å²) >= 11 is 0. The maximum Gasteiger partial charge on any atom is 0.155 e. The van der Waals surface area contributed by atoms with E-state index in [9.17, 15) is 5.11 Å². The molecule has 1 aliphatic rings. The number of benzene rings is 1. The molecule has 0 radical (unpaired) electrons. The third kappa shape index (κ3) is 3.66. The molecule has 1 aromatic carbocycles. The van der Waals surface area contributed by atoms with Crippen molar-refractivity contribution in [1.29, 1.82) is 0 Å². The van der Waals surface area contributed by atoms with Gasteiger partial charge in [-0.3, -0.25) is 9.38 Å². The summed E-state index contributed by atoms with van der Waals surface area (Å²) in [7, 11) is 0. The minimum absolute atomic E-state index is 0.0797. The van der Waals surface area contributed by atoms with Crippen LogP contribution in [0.15, 0.2) is 67.5 Å². The molecule has 3 atom stereocenters. The lowest BCUT2D eigenvalue weighted by Gasteiger charge is -2.16. The second-order valence-corrected chi connectivity index (χ2v) is 7.72. The summed E-state index contributed by atoms with van der Waals surface area (Å²) in [6.45, 7) is 1.53. The highest BCUT2D eigenvalue weighted by Gasteiger charge is 2.33. The number of nitrogens with one attached hydrogen (secondary N) is 1. The first-order valence-corrected chi connectivity index (χ1v) is 10.0. The van der Waals surface area contributed by atoms with Gasteiger partial charge in [0.2, 0.25) is 0 Å². The second kappa shape index (κ2) is 7.77. The number of fused-ring (bicyclic) bond motifs is 1. The van der Waals surface area contributed by atoms with Crippen molar-refractivity contribution in [3.8, 4) is 11.4 Å². The van der Waals surface area contributed by atoms with Crippen molar-refractivity contribution in [2.24, 2.45) is 5.92 Å². The van der Waals surface area contributed by atoms with Crippen molar-refractivity contribution < 1.29 is 5.11 Å². The highest BCUT2D eigenvalue weighted by molar-refractivity contribution is 5.55. The van der Waals surface area contributed by atoms with E-state index in [1.807, 2.05) is 47.4 Å². The monoisotopic (exact) mass is 388 g/mol. The molecule has 0 spiro atoms. The molecule has 2 N–H and O–H groups in total. The normalized spacial score (nSPS) is 21.8. The number of imidazole rings is 2. The molecule has 1 fully saturated rings. The van der Waals surface area contributed by atoms with E-state index in [1.165, 1.54) is 0 Å².